The molecule has 1 aromatic heterocycles. The Bertz CT molecular complexity index is 1240. The lowest BCUT2D eigenvalue weighted by Crippen LogP contribution is -2.40. The summed E-state index contributed by atoms with van der Waals surface area (Å²) in [5, 5.41) is 0.491. The van der Waals surface area contributed by atoms with Gasteiger partial charge in [-0.25, -0.2) is 8.42 Å². The molecule has 6 nitrogen and oxygen atoms in total. The molecule has 0 spiro atoms. The predicted molar refractivity (Wildman–Crippen MR) is 119 cm³/mol. The number of halogens is 1. The molecular weight excluding hydrogens is 442 g/mol. The molecule has 1 aliphatic rings. The molecule has 9 heteroatoms. The number of hydrogen-bond acceptors (Lipinski definition) is 4. The summed E-state index contributed by atoms with van der Waals surface area (Å²) in [4.78, 5) is 18.1. The zero-order chi connectivity index (χ0) is 21.3. The third kappa shape index (κ3) is 4.09. The smallest absolute Gasteiger partial charge is 0.251 e. The molecule has 0 aliphatic carbocycles. The van der Waals surface area contributed by atoms with Gasteiger partial charge in [-0.2, -0.15) is 9.30 Å². The molecular formula is C21H22ClN3O3S2. The summed E-state index contributed by atoms with van der Waals surface area (Å²) >= 11 is 7.36. The van der Waals surface area contributed by atoms with Gasteiger partial charge in [-0.1, -0.05) is 35.1 Å². The Kier molecular flexibility index (Phi) is 6.11. The number of benzene rings is 2. The summed E-state index contributed by atoms with van der Waals surface area (Å²) in [7, 11) is -3.58. The number of sulfonamides is 1. The zero-order valence-corrected chi connectivity index (χ0v) is 18.9. The van der Waals surface area contributed by atoms with E-state index in [1.165, 1.54) is 27.8 Å². The van der Waals surface area contributed by atoms with E-state index in [4.69, 9.17) is 11.6 Å². The van der Waals surface area contributed by atoms with Crippen molar-refractivity contribution in [1.82, 2.24) is 8.87 Å². The van der Waals surface area contributed by atoms with Gasteiger partial charge in [0.1, 0.15) is 0 Å². The molecule has 1 amide bonds. The van der Waals surface area contributed by atoms with Crippen molar-refractivity contribution in [3.05, 3.63) is 58.4 Å². The maximum atomic E-state index is 12.8. The van der Waals surface area contributed by atoms with E-state index in [2.05, 4.69) is 4.99 Å². The molecule has 30 heavy (non-hydrogen) atoms. The standard InChI is InChI=1S/C21H22ClN3O3S2/c1-2-25-18-5-3-4-6-19(18)29-21(25)23-20(26)15-11-13-24(14-12-15)30(27,28)17-9-7-16(22)8-10-17/h3-10,15H,2,11-14H2,1H3. The first kappa shape index (κ1) is 21.2. The van der Waals surface area contributed by atoms with Crippen LogP contribution in [0.2, 0.25) is 5.02 Å². The molecule has 158 valence electrons. The van der Waals surface area contributed by atoms with E-state index >= 15 is 0 Å². The van der Waals surface area contributed by atoms with Crippen LogP contribution in [0.1, 0.15) is 19.8 Å². The second-order valence-electron chi connectivity index (χ2n) is 7.18. The van der Waals surface area contributed by atoms with E-state index in [1.807, 2.05) is 35.8 Å². The minimum atomic E-state index is -3.58. The number of carbonyl (C=O) groups is 1. The maximum absolute atomic E-state index is 12.8. The molecule has 3 aromatic rings. The van der Waals surface area contributed by atoms with Crippen molar-refractivity contribution in [2.75, 3.05) is 13.1 Å². The second-order valence-corrected chi connectivity index (χ2v) is 10.6. The largest absolute Gasteiger partial charge is 0.317 e. The van der Waals surface area contributed by atoms with E-state index in [0.717, 1.165) is 16.8 Å². The number of carbonyl (C=O) groups excluding carboxylic acids is 1. The molecule has 2 aromatic carbocycles. The first-order chi connectivity index (χ1) is 14.4. The number of fused-ring (bicyclic) bond motifs is 1. The van der Waals surface area contributed by atoms with Crippen molar-refractivity contribution in [2.24, 2.45) is 10.9 Å². The molecule has 0 radical (unpaired) electrons. The van der Waals surface area contributed by atoms with Gasteiger partial charge < -0.3 is 4.57 Å². The third-order valence-corrected chi connectivity index (χ3v) is 8.59. The number of thiazole rings is 1. The van der Waals surface area contributed by atoms with Crippen LogP contribution in [0, 0.1) is 5.92 Å². The Hall–Kier alpha value is -2.00. The van der Waals surface area contributed by atoms with Gasteiger partial charge in [-0.3, -0.25) is 4.79 Å². The van der Waals surface area contributed by atoms with E-state index in [1.54, 1.807) is 12.1 Å². The number of aromatic nitrogens is 1. The Morgan fingerprint density at radius 1 is 1.13 bits per heavy atom. The van der Waals surface area contributed by atoms with Crippen LogP contribution in [-0.2, 0) is 21.4 Å². The van der Waals surface area contributed by atoms with Crippen LogP contribution in [-0.4, -0.2) is 36.3 Å². The normalized spacial score (nSPS) is 16.9. The molecule has 0 N–H and O–H groups in total. The number of amides is 1. The summed E-state index contributed by atoms with van der Waals surface area (Å²) in [5.74, 6) is -0.440. The van der Waals surface area contributed by atoms with E-state index in [9.17, 15) is 13.2 Å². The van der Waals surface area contributed by atoms with Crippen LogP contribution in [0.3, 0.4) is 0 Å². The van der Waals surface area contributed by atoms with Gasteiger partial charge in [-0.15, -0.1) is 0 Å². The van der Waals surface area contributed by atoms with Crippen LogP contribution in [0.4, 0.5) is 0 Å². The van der Waals surface area contributed by atoms with Gasteiger partial charge in [-0.05, 0) is 56.2 Å². The first-order valence-electron chi connectivity index (χ1n) is 9.83. The van der Waals surface area contributed by atoms with E-state index in [0.29, 0.717) is 35.8 Å². The number of aryl methyl sites for hydroxylation is 1. The molecule has 2 heterocycles. The number of rotatable bonds is 4. The average Bonchev–Trinajstić information content (AvgIpc) is 3.11. The average molecular weight is 464 g/mol. The Morgan fingerprint density at radius 3 is 2.47 bits per heavy atom. The zero-order valence-electron chi connectivity index (χ0n) is 16.5. The molecule has 1 saturated heterocycles. The van der Waals surface area contributed by atoms with Crippen LogP contribution in [0.25, 0.3) is 10.2 Å². The molecule has 0 saturated carbocycles. The Morgan fingerprint density at radius 2 is 1.80 bits per heavy atom. The fraction of sp³-hybridized carbons (Fsp3) is 0.333. The van der Waals surface area contributed by atoms with Crippen molar-refractivity contribution >= 4 is 49.1 Å². The van der Waals surface area contributed by atoms with Gasteiger partial charge in [0.2, 0.25) is 10.0 Å². The van der Waals surface area contributed by atoms with Crippen molar-refractivity contribution in [3.8, 4) is 0 Å². The Balaban J connectivity index is 1.50. The highest BCUT2D eigenvalue weighted by atomic mass is 35.5. The molecule has 0 bridgehead atoms. The maximum Gasteiger partial charge on any atom is 0.251 e. The molecule has 0 atom stereocenters. The van der Waals surface area contributed by atoms with Crippen molar-refractivity contribution in [3.63, 3.8) is 0 Å². The minimum Gasteiger partial charge on any atom is -0.317 e. The quantitative estimate of drug-likeness (QED) is 0.589. The summed E-state index contributed by atoms with van der Waals surface area (Å²) in [6.45, 7) is 3.37. The fourth-order valence-electron chi connectivity index (χ4n) is 3.70. The van der Waals surface area contributed by atoms with Crippen LogP contribution < -0.4 is 4.80 Å². The van der Waals surface area contributed by atoms with E-state index < -0.39 is 10.0 Å². The first-order valence-corrected chi connectivity index (χ1v) is 12.5. The summed E-state index contributed by atoms with van der Waals surface area (Å²) < 4.78 is 30.2. The van der Waals surface area contributed by atoms with Gasteiger partial charge in [0, 0.05) is 30.6 Å². The molecule has 4 rings (SSSR count). The topological polar surface area (TPSA) is 71.7 Å². The molecule has 0 unspecified atom stereocenters. The SMILES string of the molecule is CCn1c(=NC(=O)C2CCN(S(=O)(=O)c3ccc(Cl)cc3)CC2)sc2ccccc21. The highest BCUT2D eigenvalue weighted by Gasteiger charge is 2.32. The Labute approximate surface area is 184 Å². The number of piperidine rings is 1. The summed E-state index contributed by atoms with van der Waals surface area (Å²) in [5.41, 5.74) is 1.07. The fourth-order valence-corrected chi connectivity index (χ4v) is 6.39. The highest BCUT2D eigenvalue weighted by Crippen LogP contribution is 2.25. The lowest BCUT2D eigenvalue weighted by molar-refractivity contribution is -0.122. The van der Waals surface area contributed by atoms with Crippen molar-refractivity contribution < 1.29 is 13.2 Å². The molecule has 1 aliphatic heterocycles. The van der Waals surface area contributed by atoms with Crippen LogP contribution in [0.5, 0.6) is 0 Å². The van der Waals surface area contributed by atoms with Gasteiger partial charge >= 0.3 is 0 Å². The summed E-state index contributed by atoms with van der Waals surface area (Å²) in [6, 6.07) is 14.2. The molecule has 1 fully saturated rings. The third-order valence-electron chi connectivity index (χ3n) is 5.36. The lowest BCUT2D eigenvalue weighted by atomic mass is 9.98. The van der Waals surface area contributed by atoms with Crippen molar-refractivity contribution in [1.29, 1.82) is 0 Å². The van der Waals surface area contributed by atoms with Crippen molar-refractivity contribution in [2.45, 2.75) is 31.2 Å². The highest BCUT2D eigenvalue weighted by molar-refractivity contribution is 7.89. The lowest BCUT2D eigenvalue weighted by Gasteiger charge is -2.29. The minimum absolute atomic E-state index is 0.174. The second kappa shape index (κ2) is 8.63. The number of para-hydroxylation sites is 1. The number of nitrogens with zero attached hydrogens (tertiary/aromatic N) is 3. The monoisotopic (exact) mass is 463 g/mol. The predicted octanol–water partition coefficient (Wildman–Crippen LogP) is 3.90. The van der Waals surface area contributed by atoms with Crippen LogP contribution in [0.15, 0.2) is 58.4 Å². The van der Waals surface area contributed by atoms with E-state index in [-0.39, 0.29) is 16.7 Å². The van der Waals surface area contributed by atoms with Gasteiger partial charge in [0.25, 0.3) is 5.91 Å². The van der Waals surface area contributed by atoms with Gasteiger partial charge in [0.15, 0.2) is 4.80 Å². The summed E-state index contributed by atoms with van der Waals surface area (Å²) in [6.07, 6.45) is 0.929. The number of hydrogen-bond donors (Lipinski definition) is 0. The van der Waals surface area contributed by atoms with Gasteiger partial charge in [0.05, 0.1) is 15.1 Å². The van der Waals surface area contributed by atoms with Crippen LogP contribution >= 0.6 is 22.9 Å².